The van der Waals surface area contributed by atoms with Crippen molar-refractivity contribution in [2.75, 3.05) is 11.5 Å². The number of halogens is 6. The Morgan fingerprint density at radius 2 is 1.27 bits per heavy atom. The zero-order chi connectivity index (χ0) is 39.8. The van der Waals surface area contributed by atoms with Crippen LogP contribution in [-0.2, 0) is 11.3 Å². The summed E-state index contributed by atoms with van der Waals surface area (Å²) >= 11 is 0. The summed E-state index contributed by atoms with van der Waals surface area (Å²) in [7, 11) is 0. The van der Waals surface area contributed by atoms with Gasteiger partial charge in [0.05, 0.1) is 6.54 Å². The Morgan fingerprint density at radius 3 is 1.67 bits per heavy atom. The predicted molar refractivity (Wildman–Crippen MR) is 193 cm³/mol. The third kappa shape index (κ3) is 15.1. The van der Waals surface area contributed by atoms with E-state index in [0.29, 0.717) is 34.8 Å². The highest BCUT2D eigenvalue weighted by atomic mass is 19.4. The van der Waals surface area contributed by atoms with Crippen molar-refractivity contribution in [3.8, 4) is 11.5 Å². The van der Waals surface area contributed by atoms with E-state index < -0.39 is 18.9 Å². The Kier molecular flexibility index (Phi) is 17.2. The maximum absolute atomic E-state index is 12.6. The average Bonchev–Trinajstić information content (AvgIpc) is 3.59. The summed E-state index contributed by atoms with van der Waals surface area (Å²) < 4.78 is 66.8. The zero-order valence-corrected chi connectivity index (χ0v) is 28.2. The van der Waals surface area contributed by atoms with E-state index in [4.69, 9.17) is 28.7 Å². The molecule has 0 aliphatic rings. The van der Waals surface area contributed by atoms with Crippen molar-refractivity contribution in [1.29, 1.82) is 0 Å². The van der Waals surface area contributed by atoms with Crippen molar-refractivity contribution >= 4 is 41.1 Å². The highest BCUT2D eigenvalue weighted by Gasteiger charge is 2.39. The van der Waals surface area contributed by atoms with Crippen molar-refractivity contribution < 1.29 is 41.4 Å². The predicted octanol–water partition coefficient (Wildman–Crippen LogP) is 6.64. The van der Waals surface area contributed by atoms with Gasteiger partial charge in [0.2, 0.25) is 5.91 Å². The second-order valence-electron chi connectivity index (χ2n) is 10.9. The molecule has 0 aliphatic heterocycles. The van der Waals surface area contributed by atoms with Gasteiger partial charge in [0.15, 0.2) is 0 Å². The van der Waals surface area contributed by atoms with Gasteiger partial charge in [-0.05, 0) is 68.5 Å². The lowest BCUT2D eigenvalue weighted by atomic mass is 10.1. The third-order valence-corrected chi connectivity index (χ3v) is 6.22. The molecule has 0 spiro atoms. The maximum Gasteiger partial charge on any atom is 0.409 e. The first kappa shape index (κ1) is 43.8. The number of alkyl halides is 6. The van der Waals surface area contributed by atoms with Gasteiger partial charge in [-0.2, -0.15) is 26.3 Å². The van der Waals surface area contributed by atoms with Gasteiger partial charge >= 0.3 is 12.9 Å². The Balaban J connectivity index is 0.000000431. The summed E-state index contributed by atoms with van der Waals surface area (Å²) in [6, 6.07) is 13.9. The molecule has 0 radical (unpaired) electrons. The van der Waals surface area contributed by atoms with Crippen LogP contribution >= 0.6 is 0 Å². The Morgan fingerprint density at radius 1 is 0.865 bits per heavy atom. The van der Waals surface area contributed by atoms with E-state index in [-0.39, 0.29) is 40.2 Å². The first-order chi connectivity index (χ1) is 24.2. The number of carbonyl (C=O) groups is 1. The lowest BCUT2D eigenvalue weighted by Crippen LogP contribution is -2.28. The van der Waals surface area contributed by atoms with Crippen molar-refractivity contribution in [2.24, 2.45) is 17.2 Å². The Hall–Kier alpha value is -6.23. The number of hydrogen-bond acceptors (Lipinski definition) is 8. The zero-order valence-electron chi connectivity index (χ0n) is 28.2. The largest absolute Gasteiger partial charge is 0.507 e. The maximum atomic E-state index is 12.6. The summed E-state index contributed by atoms with van der Waals surface area (Å²) in [4.78, 5) is 16.5. The molecular weight excluding hydrogens is 694 g/mol. The summed E-state index contributed by atoms with van der Waals surface area (Å²) in [5, 5.41) is 22.1. The number of hydrogen-bond donors (Lipinski definition) is 10. The molecular formula is C35H42F6N8O3. The van der Waals surface area contributed by atoms with Gasteiger partial charge in [-0.15, -0.1) is 6.58 Å². The first-order valence-corrected chi connectivity index (χ1v) is 14.9. The number of nitrogen functional groups attached to an aromatic ring is 2. The number of para-hydroxylation sites is 2. The Bertz CT molecular complexity index is 1840. The number of allylic oxidation sites excluding steroid dienone is 1. The molecule has 52 heavy (non-hydrogen) atoms. The highest BCUT2D eigenvalue weighted by molar-refractivity contribution is 5.87. The molecule has 4 rings (SSSR count). The fourth-order valence-electron chi connectivity index (χ4n) is 3.91. The van der Waals surface area contributed by atoms with E-state index in [9.17, 15) is 41.4 Å². The molecule has 17 heteroatoms. The normalized spacial score (nSPS) is 11.9. The number of nitrogens with two attached hydrogens (primary N) is 5. The monoisotopic (exact) mass is 736 g/mol. The number of benzene rings is 2. The molecule has 0 saturated carbocycles. The van der Waals surface area contributed by atoms with Gasteiger partial charge in [0.1, 0.15) is 29.2 Å². The number of H-pyrrole nitrogens is 2. The van der Waals surface area contributed by atoms with Gasteiger partial charge in [-0.25, -0.2) is 0 Å². The standard InChI is InChI=1S/C16H18N4O2.C14H15F3N4O.C4H8.CHF3/c1-2-15(22)19-9-11-7-10(16(18)20-11)8-13(17)12-5-3-4-6-14(12)21;15-14(16,17)12(19)10-6-7(13(20)21-10)5-9(18)8-3-1-2-4-11(8)22;1-4(2)3;2-1(3)4/h2-8,20-21H,1,9,17-18H2,(H,19,22);1-6,12,21-22H,18-20H2;1H2,2-3H3;1H/b13-8-;9-5-;;. The molecule has 1 amide bonds. The second kappa shape index (κ2) is 20.4. The average molecular weight is 737 g/mol. The van der Waals surface area contributed by atoms with Crippen LogP contribution in [-0.4, -0.2) is 38.9 Å². The van der Waals surface area contributed by atoms with Gasteiger partial charge in [0.25, 0.3) is 0 Å². The molecule has 2 aromatic carbocycles. The minimum absolute atomic E-state index is 0.00747. The SMILES string of the molecule is C=C(C)C.C=CC(=O)NCc1cc(/C=C(\N)c2ccccc2O)c(N)[nH]1.FC(F)F.N/C(=C\c1cc(C(N)C(F)(F)F)[nH]c1N)c1ccccc1O. The molecule has 0 saturated heterocycles. The van der Waals surface area contributed by atoms with E-state index in [1.165, 1.54) is 29.9 Å². The molecule has 2 aromatic heterocycles. The second-order valence-corrected chi connectivity index (χ2v) is 10.9. The summed E-state index contributed by atoms with van der Waals surface area (Å²) in [6.45, 7) is 7.52. The van der Waals surface area contributed by atoms with Crippen LogP contribution in [0.15, 0.2) is 85.5 Å². The fraction of sp³-hybridized carbons (Fsp3) is 0.171. The molecule has 282 valence electrons. The van der Waals surface area contributed by atoms with Crippen LogP contribution in [0.25, 0.3) is 23.5 Å². The molecule has 0 fully saturated rings. The van der Waals surface area contributed by atoms with Crippen LogP contribution in [0.2, 0.25) is 0 Å². The minimum Gasteiger partial charge on any atom is -0.507 e. The van der Waals surface area contributed by atoms with E-state index in [0.717, 1.165) is 5.69 Å². The smallest absolute Gasteiger partial charge is 0.409 e. The molecule has 11 nitrogen and oxygen atoms in total. The number of rotatable bonds is 8. The summed E-state index contributed by atoms with van der Waals surface area (Å²) in [6.07, 6.45) is -0.349. The Labute approximate surface area is 296 Å². The molecule has 4 aromatic rings. The minimum atomic E-state index is -4.58. The van der Waals surface area contributed by atoms with Crippen LogP contribution in [0.5, 0.6) is 11.5 Å². The molecule has 1 atom stereocenters. The van der Waals surface area contributed by atoms with Crippen molar-refractivity contribution in [2.45, 2.75) is 39.3 Å². The van der Waals surface area contributed by atoms with Crippen molar-refractivity contribution in [3.63, 3.8) is 0 Å². The molecule has 15 N–H and O–H groups in total. The molecule has 2 heterocycles. The van der Waals surface area contributed by atoms with Gasteiger partial charge in [-0.1, -0.05) is 36.4 Å². The number of carbonyl (C=O) groups excluding carboxylic acids is 1. The summed E-state index contributed by atoms with van der Waals surface area (Å²) in [5.41, 5.74) is 32.5. The number of phenols is 2. The highest BCUT2D eigenvalue weighted by Crippen LogP contribution is 2.33. The van der Waals surface area contributed by atoms with Crippen molar-refractivity contribution in [3.05, 3.63) is 119 Å². The van der Waals surface area contributed by atoms with E-state index in [1.54, 1.807) is 54.6 Å². The molecule has 0 aliphatic carbocycles. The van der Waals surface area contributed by atoms with Gasteiger partial charge < -0.3 is 54.2 Å². The van der Waals surface area contributed by atoms with Crippen LogP contribution in [0, 0.1) is 0 Å². The van der Waals surface area contributed by atoms with E-state index in [2.05, 4.69) is 28.4 Å². The quantitative estimate of drug-likeness (QED) is 0.0534. The van der Waals surface area contributed by atoms with E-state index in [1.807, 2.05) is 13.8 Å². The van der Waals surface area contributed by atoms with E-state index >= 15 is 0 Å². The van der Waals surface area contributed by atoms with Gasteiger partial charge in [0, 0.05) is 45.0 Å². The number of aromatic amines is 2. The first-order valence-electron chi connectivity index (χ1n) is 14.9. The lowest BCUT2D eigenvalue weighted by molar-refractivity contribution is -0.149. The van der Waals surface area contributed by atoms with Crippen molar-refractivity contribution in [1.82, 2.24) is 15.3 Å². The number of amides is 1. The number of phenolic OH excluding ortho intramolecular Hbond substituents is 2. The molecule has 1 unspecified atom stereocenters. The van der Waals surface area contributed by atoms with Crippen LogP contribution in [0.4, 0.5) is 38.0 Å². The fourth-order valence-corrected chi connectivity index (χ4v) is 3.91. The van der Waals surface area contributed by atoms with Crippen LogP contribution in [0.3, 0.4) is 0 Å². The number of aromatic nitrogens is 2. The topological polar surface area (TPSA) is 231 Å². The number of anilines is 2. The number of nitrogens with one attached hydrogen (secondary N) is 3. The summed E-state index contributed by atoms with van der Waals surface area (Å²) in [5.74, 6) is 0.231. The lowest BCUT2D eigenvalue weighted by Gasteiger charge is -2.13. The van der Waals surface area contributed by atoms with Crippen LogP contribution < -0.4 is 34.0 Å². The third-order valence-electron chi connectivity index (χ3n) is 6.22. The van der Waals surface area contributed by atoms with Crippen LogP contribution in [0.1, 0.15) is 53.5 Å². The number of aromatic hydroxyl groups is 2. The van der Waals surface area contributed by atoms with Gasteiger partial charge in [-0.3, -0.25) is 4.79 Å². The molecule has 0 bridgehead atoms.